The van der Waals surface area contributed by atoms with Gasteiger partial charge in [-0.15, -0.1) is 11.3 Å². The van der Waals surface area contributed by atoms with Gasteiger partial charge in [-0.2, -0.15) is 13.2 Å². The summed E-state index contributed by atoms with van der Waals surface area (Å²) in [5.41, 5.74) is 2.25. The summed E-state index contributed by atoms with van der Waals surface area (Å²) in [5, 5.41) is 2.78. The van der Waals surface area contributed by atoms with E-state index in [1.165, 1.54) is 11.3 Å². The SMILES string of the molecule is FC(F)(F)c1ccnc(Nc2cccc(-c3cncs3)c2)n1. The van der Waals surface area contributed by atoms with Crippen molar-refractivity contribution in [2.24, 2.45) is 0 Å². The smallest absolute Gasteiger partial charge is 0.324 e. The van der Waals surface area contributed by atoms with Gasteiger partial charge in [0.2, 0.25) is 5.95 Å². The molecular formula is C14H9F3N4S. The maximum Gasteiger partial charge on any atom is 0.433 e. The van der Waals surface area contributed by atoms with Crippen LogP contribution in [0.3, 0.4) is 0 Å². The van der Waals surface area contributed by atoms with Gasteiger partial charge in [0, 0.05) is 18.1 Å². The number of hydrogen-bond acceptors (Lipinski definition) is 5. The lowest BCUT2D eigenvalue weighted by atomic mass is 10.2. The fourth-order valence-electron chi connectivity index (χ4n) is 1.81. The highest BCUT2D eigenvalue weighted by Gasteiger charge is 2.32. The Bertz CT molecular complexity index is 772. The minimum atomic E-state index is -4.50. The van der Waals surface area contributed by atoms with E-state index < -0.39 is 11.9 Å². The second-order valence-corrected chi connectivity index (χ2v) is 5.22. The zero-order valence-electron chi connectivity index (χ0n) is 11.0. The molecule has 8 heteroatoms. The molecule has 0 amide bonds. The fraction of sp³-hybridized carbons (Fsp3) is 0.0714. The summed E-state index contributed by atoms with van der Waals surface area (Å²) in [4.78, 5) is 12.2. The number of halogens is 3. The van der Waals surface area contributed by atoms with Gasteiger partial charge in [-0.1, -0.05) is 12.1 Å². The maximum absolute atomic E-state index is 12.6. The number of aromatic nitrogens is 3. The summed E-state index contributed by atoms with van der Waals surface area (Å²) in [6, 6.07) is 8.06. The third-order valence-electron chi connectivity index (χ3n) is 2.78. The monoisotopic (exact) mass is 322 g/mol. The summed E-state index contributed by atoms with van der Waals surface area (Å²) in [6.45, 7) is 0. The van der Waals surface area contributed by atoms with Crippen LogP contribution in [0.4, 0.5) is 24.8 Å². The summed E-state index contributed by atoms with van der Waals surface area (Å²) in [5.74, 6) is -0.101. The molecule has 1 aromatic carbocycles. The van der Waals surface area contributed by atoms with E-state index in [4.69, 9.17) is 0 Å². The number of benzene rings is 1. The Kier molecular flexibility index (Phi) is 3.76. The Balaban J connectivity index is 1.86. The summed E-state index contributed by atoms with van der Waals surface area (Å²) in [7, 11) is 0. The minimum Gasteiger partial charge on any atom is -0.324 e. The third kappa shape index (κ3) is 3.22. The van der Waals surface area contributed by atoms with Crippen LogP contribution in [0, 0.1) is 0 Å². The molecule has 0 bridgehead atoms. The van der Waals surface area contributed by atoms with E-state index in [0.29, 0.717) is 5.69 Å². The van der Waals surface area contributed by atoms with Crippen molar-refractivity contribution in [2.45, 2.75) is 6.18 Å². The molecule has 0 aliphatic carbocycles. The van der Waals surface area contributed by atoms with Gasteiger partial charge in [-0.3, -0.25) is 4.98 Å². The first-order valence-corrected chi connectivity index (χ1v) is 7.06. The molecular weight excluding hydrogens is 313 g/mol. The van der Waals surface area contributed by atoms with Crippen molar-refractivity contribution < 1.29 is 13.2 Å². The lowest BCUT2D eigenvalue weighted by molar-refractivity contribution is -0.141. The quantitative estimate of drug-likeness (QED) is 0.778. The molecule has 112 valence electrons. The van der Waals surface area contributed by atoms with Crippen LogP contribution in [0.25, 0.3) is 10.4 Å². The average Bonchev–Trinajstić information content (AvgIpc) is 3.01. The van der Waals surface area contributed by atoms with Gasteiger partial charge in [0.15, 0.2) is 0 Å². The number of hydrogen-bond donors (Lipinski definition) is 1. The number of anilines is 2. The van der Waals surface area contributed by atoms with Gasteiger partial charge in [-0.05, 0) is 23.8 Å². The molecule has 22 heavy (non-hydrogen) atoms. The lowest BCUT2D eigenvalue weighted by Gasteiger charge is -2.09. The van der Waals surface area contributed by atoms with E-state index in [1.54, 1.807) is 29.9 Å². The van der Waals surface area contributed by atoms with Crippen LogP contribution >= 0.6 is 11.3 Å². The van der Waals surface area contributed by atoms with Crippen LogP contribution in [0.1, 0.15) is 5.69 Å². The second kappa shape index (κ2) is 5.72. The topological polar surface area (TPSA) is 50.7 Å². The van der Waals surface area contributed by atoms with Crippen LogP contribution in [0.2, 0.25) is 0 Å². The summed E-state index contributed by atoms with van der Waals surface area (Å²) in [6.07, 6.45) is -1.69. The van der Waals surface area contributed by atoms with Crippen molar-refractivity contribution >= 4 is 23.0 Å². The molecule has 2 aromatic heterocycles. The minimum absolute atomic E-state index is 0.101. The fourth-order valence-corrected chi connectivity index (χ4v) is 2.43. The highest BCUT2D eigenvalue weighted by molar-refractivity contribution is 7.13. The van der Waals surface area contributed by atoms with E-state index in [9.17, 15) is 13.2 Å². The molecule has 0 spiro atoms. The molecule has 0 unspecified atom stereocenters. The summed E-state index contributed by atoms with van der Waals surface area (Å²) < 4.78 is 37.9. The largest absolute Gasteiger partial charge is 0.433 e. The molecule has 0 fully saturated rings. The molecule has 3 rings (SSSR count). The number of alkyl halides is 3. The highest BCUT2D eigenvalue weighted by Crippen LogP contribution is 2.29. The predicted molar refractivity (Wildman–Crippen MR) is 77.9 cm³/mol. The van der Waals surface area contributed by atoms with Gasteiger partial charge in [0.1, 0.15) is 5.69 Å². The molecule has 0 atom stereocenters. The van der Waals surface area contributed by atoms with Gasteiger partial charge < -0.3 is 5.32 Å². The zero-order chi connectivity index (χ0) is 15.6. The Hall–Kier alpha value is -2.48. The number of nitrogens with zero attached hydrogens (tertiary/aromatic N) is 3. The van der Waals surface area contributed by atoms with Crippen LogP contribution in [-0.4, -0.2) is 15.0 Å². The number of nitrogens with one attached hydrogen (secondary N) is 1. The van der Waals surface area contributed by atoms with Crippen LogP contribution in [0.15, 0.2) is 48.2 Å². The van der Waals surface area contributed by atoms with Crippen molar-refractivity contribution in [1.82, 2.24) is 15.0 Å². The Morgan fingerprint density at radius 3 is 2.73 bits per heavy atom. The average molecular weight is 322 g/mol. The van der Waals surface area contributed by atoms with Crippen LogP contribution < -0.4 is 5.32 Å². The molecule has 0 aliphatic heterocycles. The van der Waals surface area contributed by atoms with E-state index in [2.05, 4.69) is 20.3 Å². The molecule has 0 saturated heterocycles. The molecule has 0 saturated carbocycles. The molecule has 4 nitrogen and oxygen atoms in total. The molecule has 1 N–H and O–H groups in total. The first-order valence-electron chi connectivity index (χ1n) is 6.18. The van der Waals surface area contributed by atoms with Crippen molar-refractivity contribution in [3.63, 3.8) is 0 Å². The Labute approximate surface area is 127 Å². The maximum atomic E-state index is 12.6. The molecule has 0 radical (unpaired) electrons. The lowest BCUT2D eigenvalue weighted by Crippen LogP contribution is -2.10. The Morgan fingerprint density at radius 1 is 1.14 bits per heavy atom. The molecule has 3 aromatic rings. The third-order valence-corrected chi connectivity index (χ3v) is 3.60. The van der Waals surface area contributed by atoms with Gasteiger partial charge in [0.25, 0.3) is 0 Å². The predicted octanol–water partition coefficient (Wildman–Crippen LogP) is 4.36. The van der Waals surface area contributed by atoms with E-state index in [1.807, 2.05) is 6.07 Å². The van der Waals surface area contributed by atoms with Crippen molar-refractivity contribution in [3.8, 4) is 10.4 Å². The van der Waals surface area contributed by atoms with E-state index in [-0.39, 0.29) is 5.95 Å². The second-order valence-electron chi connectivity index (χ2n) is 4.33. The Morgan fingerprint density at radius 2 is 2.00 bits per heavy atom. The van der Waals surface area contributed by atoms with Crippen LogP contribution in [0.5, 0.6) is 0 Å². The standard InChI is InChI=1S/C14H9F3N4S/c15-14(16,17)12-4-5-19-13(21-12)20-10-3-1-2-9(6-10)11-7-18-8-22-11/h1-8H,(H,19,20,21). The first-order chi connectivity index (χ1) is 10.5. The number of rotatable bonds is 3. The van der Waals surface area contributed by atoms with Crippen molar-refractivity contribution in [1.29, 1.82) is 0 Å². The van der Waals surface area contributed by atoms with Gasteiger partial charge in [0.05, 0.1) is 10.4 Å². The highest BCUT2D eigenvalue weighted by atomic mass is 32.1. The van der Waals surface area contributed by atoms with Crippen LogP contribution in [-0.2, 0) is 6.18 Å². The first kappa shape index (κ1) is 14.5. The van der Waals surface area contributed by atoms with Gasteiger partial charge in [-0.25, -0.2) is 9.97 Å². The van der Waals surface area contributed by atoms with Gasteiger partial charge >= 0.3 is 6.18 Å². The number of thiazole rings is 1. The molecule has 0 aliphatic rings. The zero-order valence-corrected chi connectivity index (χ0v) is 11.8. The van der Waals surface area contributed by atoms with E-state index >= 15 is 0 Å². The van der Waals surface area contributed by atoms with Crippen molar-refractivity contribution in [2.75, 3.05) is 5.32 Å². The van der Waals surface area contributed by atoms with Crippen molar-refractivity contribution in [3.05, 3.63) is 53.9 Å². The van der Waals surface area contributed by atoms with E-state index in [0.717, 1.165) is 22.7 Å². The summed E-state index contributed by atoms with van der Waals surface area (Å²) >= 11 is 1.48. The molecule has 2 heterocycles. The normalized spacial score (nSPS) is 11.4.